The van der Waals surface area contributed by atoms with Gasteiger partial charge < -0.3 is 21.7 Å². The Morgan fingerprint density at radius 3 is 1.74 bits per heavy atom. The monoisotopic (exact) mass is 326 g/mol. The van der Waals surface area contributed by atoms with Gasteiger partial charge in [0.2, 0.25) is 0 Å². The molecule has 1 rings (SSSR count). The molecule has 1 saturated carbocycles. The van der Waals surface area contributed by atoms with Crippen LogP contribution in [0.3, 0.4) is 0 Å². The SMILES string of the molecule is NCCCNCCCCNCCCNC1CCCCCCCC1. The van der Waals surface area contributed by atoms with Gasteiger partial charge in [-0.15, -0.1) is 0 Å². The Bertz CT molecular complexity index is 225. The zero-order valence-electron chi connectivity index (χ0n) is 15.4. The predicted octanol–water partition coefficient (Wildman–Crippen LogP) is 2.78. The average molecular weight is 327 g/mol. The Labute approximate surface area is 144 Å². The van der Waals surface area contributed by atoms with E-state index in [0.29, 0.717) is 0 Å². The van der Waals surface area contributed by atoms with Crippen molar-refractivity contribution in [1.82, 2.24) is 16.0 Å². The highest BCUT2D eigenvalue weighted by Crippen LogP contribution is 2.16. The van der Waals surface area contributed by atoms with Gasteiger partial charge in [-0.1, -0.05) is 38.5 Å². The van der Waals surface area contributed by atoms with Gasteiger partial charge in [0.15, 0.2) is 0 Å². The van der Waals surface area contributed by atoms with Crippen molar-refractivity contribution in [3.8, 4) is 0 Å². The van der Waals surface area contributed by atoms with Crippen molar-refractivity contribution in [1.29, 1.82) is 0 Å². The van der Waals surface area contributed by atoms with Crippen molar-refractivity contribution < 1.29 is 0 Å². The van der Waals surface area contributed by atoms with Crippen LogP contribution in [0, 0.1) is 0 Å². The maximum atomic E-state index is 5.46. The van der Waals surface area contributed by atoms with Gasteiger partial charge in [-0.05, 0) is 77.8 Å². The standard InChI is InChI=1S/C19H42N4/c20-13-9-16-21-14-7-8-15-22-17-10-18-23-19-11-5-3-1-2-4-6-12-19/h19,21-23H,1-18,20H2. The lowest BCUT2D eigenvalue weighted by atomic mass is 10.1. The van der Waals surface area contributed by atoms with E-state index in [1.165, 1.54) is 77.2 Å². The Kier molecular flexibility index (Phi) is 15.2. The summed E-state index contributed by atoms with van der Waals surface area (Å²) in [4.78, 5) is 0. The summed E-state index contributed by atoms with van der Waals surface area (Å²) < 4.78 is 0. The van der Waals surface area contributed by atoms with Crippen LogP contribution >= 0.6 is 0 Å². The number of unbranched alkanes of at least 4 members (excludes halogenated alkanes) is 1. The van der Waals surface area contributed by atoms with Gasteiger partial charge in [-0.2, -0.15) is 0 Å². The zero-order valence-corrected chi connectivity index (χ0v) is 15.4. The van der Waals surface area contributed by atoms with E-state index < -0.39 is 0 Å². The number of rotatable bonds is 13. The summed E-state index contributed by atoms with van der Waals surface area (Å²) in [7, 11) is 0. The summed E-state index contributed by atoms with van der Waals surface area (Å²) in [6, 6.07) is 0.785. The molecule has 4 nitrogen and oxygen atoms in total. The predicted molar refractivity (Wildman–Crippen MR) is 102 cm³/mol. The molecular formula is C19H42N4. The minimum Gasteiger partial charge on any atom is -0.330 e. The minimum atomic E-state index is 0.785. The van der Waals surface area contributed by atoms with Crippen LogP contribution in [0.25, 0.3) is 0 Å². The smallest absolute Gasteiger partial charge is 0.00670 e. The van der Waals surface area contributed by atoms with E-state index in [4.69, 9.17) is 5.73 Å². The molecule has 0 radical (unpaired) electrons. The third-order valence-electron chi connectivity index (χ3n) is 4.83. The van der Waals surface area contributed by atoms with Gasteiger partial charge in [0.1, 0.15) is 0 Å². The van der Waals surface area contributed by atoms with Crippen molar-refractivity contribution >= 4 is 0 Å². The molecule has 1 aliphatic carbocycles. The highest BCUT2D eigenvalue weighted by atomic mass is 14.9. The van der Waals surface area contributed by atoms with Gasteiger partial charge >= 0.3 is 0 Å². The van der Waals surface area contributed by atoms with Crippen LogP contribution in [-0.2, 0) is 0 Å². The Balaban J connectivity index is 1.81. The number of hydrogen-bond donors (Lipinski definition) is 4. The molecular weight excluding hydrogens is 284 g/mol. The zero-order chi connectivity index (χ0) is 16.4. The lowest BCUT2D eigenvalue weighted by Gasteiger charge is -2.18. The molecule has 0 aromatic rings. The van der Waals surface area contributed by atoms with E-state index in [-0.39, 0.29) is 0 Å². The summed E-state index contributed by atoms with van der Waals surface area (Å²) in [6.07, 6.45) is 16.3. The molecule has 0 unspecified atom stereocenters. The topological polar surface area (TPSA) is 62.1 Å². The average Bonchev–Trinajstić information content (AvgIpc) is 2.70. The quantitative estimate of drug-likeness (QED) is 0.393. The molecule has 0 aromatic heterocycles. The van der Waals surface area contributed by atoms with E-state index in [1.807, 2.05) is 0 Å². The van der Waals surface area contributed by atoms with Gasteiger partial charge in [0.25, 0.3) is 0 Å². The van der Waals surface area contributed by atoms with E-state index in [2.05, 4.69) is 16.0 Å². The van der Waals surface area contributed by atoms with Crippen LogP contribution in [0.1, 0.15) is 77.0 Å². The fraction of sp³-hybridized carbons (Fsp3) is 1.00. The molecule has 0 aliphatic heterocycles. The minimum absolute atomic E-state index is 0.785. The molecule has 0 spiro atoms. The van der Waals surface area contributed by atoms with E-state index >= 15 is 0 Å². The van der Waals surface area contributed by atoms with Crippen LogP contribution < -0.4 is 21.7 Å². The third-order valence-corrected chi connectivity index (χ3v) is 4.83. The van der Waals surface area contributed by atoms with Crippen LogP contribution in [0.2, 0.25) is 0 Å². The largest absolute Gasteiger partial charge is 0.330 e. The molecule has 0 saturated heterocycles. The summed E-state index contributed by atoms with van der Waals surface area (Å²) in [5, 5.41) is 10.8. The Hall–Kier alpha value is -0.160. The molecule has 4 heteroatoms. The fourth-order valence-electron chi connectivity index (χ4n) is 3.33. The molecule has 0 heterocycles. The second-order valence-electron chi connectivity index (χ2n) is 7.05. The summed E-state index contributed by atoms with van der Waals surface area (Å²) in [5.74, 6) is 0. The summed E-state index contributed by atoms with van der Waals surface area (Å²) in [5.41, 5.74) is 5.46. The maximum Gasteiger partial charge on any atom is 0.00670 e. The van der Waals surface area contributed by atoms with Gasteiger partial charge in [0.05, 0.1) is 0 Å². The lowest BCUT2D eigenvalue weighted by molar-refractivity contribution is 0.427. The normalized spacial score (nSPS) is 17.6. The maximum absolute atomic E-state index is 5.46. The molecule has 1 aliphatic rings. The second kappa shape index (κ2) is 16.7. The van der Waals surface area contributed by atoms with Gasteiger partial charge in [-0.25, -0.2) is 0 Å². The van der Waals surface area contributed by atoms with Gasteiger partial charge in [0, 0.05) is 6.04 Å². The molecule has 0 amide bonds. The van der Waals surface area contributed by atoms with Crippen molar-refractivity contribution in [3.05, 3.63) is 0 Å². The van der Waals surface area contributed by atoms with Crippen LogP contribution in [0.4, 0.5) is 0 Å². The van der Waals surface area contributed by atoms with Crippen molar-refractivity contribution in [2.45, 2.75) is 83.1 Å². The molecule has 5 N–H and O–H groups in total. The number of hydrogen-bond acceptors (Lipinski definition) is 4. The lowest BCUT2D eigenvalue weighted by Crippen LogP contribution is -2.31. The van der Waals surface area contributed by atoms with Crippen molar-refractivity contribution in [3.63, 3.8) is 0 Å². The van der Waals surface area contributed by atoms with Gasteiger partial charge in [-0.3, -0.25) is 0 Å². The van der Waals surface area contributed by atoms with Crippen molar-refractivity contribution in [2.24, 2.45) is 5.73 Å². The van der Waals surface area contributed by atoms with Crippen LogP contribution in [0.15, 0.2) is 0 Å². The first-order valence-electron chi connectivity index (χ1n) is 10.3. The van der Waals surface area contributed by atoms with E-state index in [0.717, 1.165) is 45.2 Å². The first-order valence-corrected chi connectivity index (χ1v) is 10.3. The molecule has 0 aromatic carbocycles. The highest BCUT2D eigenvalue weighted by Gasteiger charge is 2.09. The highest BCUT2D eigenvalue weighted by molar-refractivity contribution is 4.69. The van der Waals surface area contributed by atoms with E-state index in [9.17, 15) is 0 Å². The second-order valence-corrected chi connectivity index (χ2v) is 7.05. The number of nitrogens with two attached hydrogens (primary N) is 1. The fourth-order valence-corrected chi connectivity index (χ4v) is 3.33. The first-order chi connectivity index (χ1) is 11.4. The third kappa shape index (κ3) is 13.9. The molecule has 0 atom stereocenters. The van der Waals surface area contributed by atoms with Crippen LogP contribution in [0.5, 0.6) is 0 Å². The number of nitrogens with one attached hydrogen (secondary N) is 3. The molecule has 1 fully saturated rings. The van der Waals surface area contributed by atoms with Crippen LogP contribution in [-0.4, -0.2) is 45.3 Å². The molecule has 138 valence electrons. The van der Waals surface area contributed by atoms with E-state index in [1.54, 1.807) is 0 Å². The Morgan fingerprint density at radius 2 is 1.13 bits per heavy atom. The van der Waals surface area contributed by atoms with Crippen molar-refractivity contribution in [2.75, 3.05) is 39.3 Å². The first kappa shape index (κ1) is 20.9. The molecule has 0 bridgehead atoms. The Morgan fingerprint density at radius 1 is 0.609 bits per heavy atom. The molecule has 23 heavy (non-hydrogen) atoms. The summed E-state index contributed by atoms with van der Waals surface area (Å²) >= 11 is 0. The summed E-state index contributed by atoms with van der Waals surface area (Å²) in [6.45, 7) is 6.48.